The van der Waals surface area contributed by atoms with Crippen LogP contribution in [0.2, 0.25) is 0 Å². The quantitative estimate of drug-likeness (QED) is 0.0289. The molecule has 0 saturated carbocycles. The maximum absolute atomic E-state index is 13.0. The van der Waals surface area contributed by atoms with E-state index in [2.05, 4.69) is 35.1 Å². The van der Waals surface area contributed by atoms with Crippen LogP contribution in [0.15, 0.2) is 12.2 Å². The molecule has 0 heterocycles. The van der Waals surface area contributed by atoms with Gasteiger partial charge in [-0.15, -0.1) is 0 Å². The van der Waals surface area contributed by atoms with Gasteiger partial charge >= 0.3 is 7.60 Å². The summed E-state index contributed by atoms with van der Waals surface area (Å²) in [5.41, 5.74) is 0. The molecule has 0 aromatic carbocycles. The van der Waals surface area contributed by atoms with Crippen LogP contribution in [-0.4, -0.2) is 48.4 Å². The van der Waals surface area contributed by atoms with Gasteiger partial charge in [0.2, 0.25) is 5.91 Å². The summed E-state index contributed by atoms with van der Waals surface area (Å²) in [7, 11) is -1.89. The van der Waals surface area contributed by atoms with Gasteiger partial charge in [-0.2, -0.15) is 0 Å². The lowest BCUT2D eigenvalue weighted by Crippen LogP contribution is -2.43. The van der Waals surface area contributed by atoms with E-state index >= 15 is 0 Å². The zero-order valence-corrected chi connectivity index (χ0v) is 32.9. The fraction of sp³-hybridized carbons (Fsp3) is 0.921. The van der Waals surface area contributed by atoms with Gasteiger partial charge in [-0.25, -0.2) is 0 Å². The first-order chi connectivity index (χ1) is 22.4. The van der Waals surface area contributed by atoms with Crippen LogP contribution in [0, 0.1) is 0 Å². The first-order valence-electron chi connectivity index (χ1n) is 19.4. The van der Waals surface area contributed by atoms with Crippen molar-refractivity contribution in [3.05, 3.63) is 12.2 Å². The van der Waals surface area contributed by atoms with Gasteiger partial charge < -0.3 is 19.5 Å². The number of rotatable bonds is 36. The van der Waals surface area contributed by atoms with Gasteiger partial charge in [0.05, 0.1) is 24.9 Å². The minimum absolute atomic E-state index is 0.0560. The van der Waals surface area contributed by atoms with E-state index in [1.54, 1.807) is 6.08 Å². The topological polar surface area (TPSA) is 84.9 Å². The second-order valence-electron chi connectivity index (χ2n) is 13.2. The number of hydrogen-bond donors (Lipinski definition) is 2. The molecule has 0 aliphatic heterocycles. The number of hydrogen-bond acceptors (Lipinski definition) is 5. The maximum Gasteiger partial charge on any atom is 0.330 e. The average Bonchev–Trinajstić information content (AvgIpc) is 3.06. The number of carbonyl (C=O) groups excluding carboxylic acids is 1. The molecule has 0 spiro atoms. The van der Waals surface area contributed by atoms with E-state index in [1.807, 2.05) is 6.08 Å². The highest BCUT2D eigenvalue weighted by atomic mass is 79.9. The van der Waals surface area contributed by atoms with E-state index in [1.165, 1.54) is 142 Å². The van der Waals surface area contributed by atoms with Crippen LogP contribution in [0.3, 0.4) is 0 Å². The molecule has 0 fully saturated rings. The number of allylic oxidation sites excluding steroid dienone is 1. The summed E-state index contributed by atoms with van der Waals surface area (Å²) in [6.07, 6.45) is 35.7. The average molecular weight is 737 g/mol. The molecule has 0 aliphatic rings. The SMILES string of the molecule is CCCCCCCCCCCCC/C=C/[C@@H](O)[C@H](CCP(=O)(OC)OCCBr)NC(=O)CCCCCCCCCCCCCCC. The number of aliphatic hydroxyl groups excluding tert-OH is 1. The van der Waals surface area contributed by atoms with Crippen molar-refractivity contribution in [3.8, 4) is 0 Å². The lowest BCUT2D eigenvalue weighted by atomic mass is 10.0. The molecular weight excluding hydrogens is 661 g/mol. The molecule has 8 heteroatoms. The zero-order valence-electron chi connectivity index (χ0n) is 30.4. The number of amides is 1. The third-order valence-corrected chi connectivity index (χ3v) is 11.2. The van der Waals surface area contributed by atoms with Crippen LogP contribution < -0.4 is 5.32 Å². The van der Waals surface area contributed by atoms with E-state index in [0.717, 1.165) is 25.7 Å². The third kappa shape index (κ3) is 29.9. The fourth-order valence-corrected chi connectivity index (χ4v) is 7.68. The van der Waals surface area contributed by atoms with Crippen molar-refractivity contribution in [1.82, 2.24) is 5.32 Å². The first-order valence-corrected chi connectivity index (χ1v) is 22.3. The van der Waals surface area contributed by atoms with Crippen LogP contribution in [0.4, 0.5) is 0 Å². The normalized spacial score (nSPS) is 14.5. The number of nitrogens with one attached hydrogen (secondary N) is 1. The lowest BCUT2D eigenvalue weighted by Gasteiger charge is -2.24. The van der Waals surface area contributed by atoms with Crippen molar-refractivity contribution >= 4 is 29.4 Å². The largest absolute Gasteiger partial charge is 0.387 e. The molecule has 46 heavy (non-hydrogen) atoms. The Balaban J connectivity index is 4.42. The van der Waals surface area contributed by atoms with Gasteiger partial charge in [-0.3, -0.25) is 9.36 Å². The predicted octanol–water partition coefficient (Wildman–Crippen LogP) is 12.2. The molecule has 0 saturated heterocycles. The molecule has 274 valence electrons. The van der Waals surface area contributed by atoms with E-state index < -0.39 is 19.7 Å². The molecule has 0 aromatic heterocycles. The van der Waals surface area contributed by atoms with E-state index in [4.69, 9.17) is 9.05 Å². The van der Waals surface area contributed by atoms with Crippen LogP contribution in [0.1, 0.15) is 187 Å². The van der Waals surface area contributed by atoms with Gasteiger partial charge in [0.25, 0.3) is 0 Å². The minimum atomic E-state index is -3.28. The molecule has 0 radical (unpaired) electrons. The molecule has 3 atom stereocenters. The van der Waals surface area contributed by atoms with Crippen molar-refractivity contribution in [1.29, 1.82) is 0 Å². The van der Waals surface area contributed by atoms with Gasteiger partial charge in [0.15, 0.2) is 0 Å². The highest BCUT2D eigenvalue weighted by Crippen LogP contribution is 2.48. The van der Waals surface area contributed by atoms with Gasteiger partial charge in [-0.05, 0) is 25.7 Å². The minimum Gasteiger partial charge on any atom is -0.387 e. The standard InChI is InChI=1S/C38H75BrNO5P/c1-4-6-8-10-12-14-16-18-20-22-24-26-28-30-37(41)36(32-35-46(43,44-3)45-34-33-39)40-38(42)31-29-27-25-23-21-19-17-15-13-11-9-7-5-2/h28,30,36-37,41H,4-27,29,31-35H2,1-3H3,(H,40,42)/b30-28+/t36-,37+,46?/m0/s1. The van der Waals surface area contributed by atoms with Crippen molar-refractivity contribution in [3.63, 3.8) is 0 Å². The summed E-state index contributed by atoms with van der Waals surface area (Å²) < 4.78 is 23.7. The molecule has 0 aliphatic carbocycles. The highest BCUT2D eigenvalue weighted by molar-refractivity contribution is 9.09. The van der Waals surface area contributed by atoms with Crippen molar-refractivity contribution < 1.29 is 23.5 Å². The van der Waals surface area contributed by atoms with Crippen LogP contribution >= 0.6 is 23.5 Å². The molecule has 0 rings (SSSR count). The summed E-state index contributed by atoms with van der Waals surface area (Å²) in [4.78, 5) is 12.8. The molecular formula is C38H75BrNO5P. The predicted molar refractivity (Wildman–Crippen MR) is 202 cm³/mol. The number of carbonyl (C=O) groups is 1. The molecule has 0 aromatic rings. The van der Waals surface area contributed by atoms with E-state index in [-0.39, 0.29) is 18.7 Å². The Morgan fingerprint density at radius 1 is 0.739 bits per heavy atom. The Kier molecular flexibility index (Phi) is 34.5. The Hall–Kier alpha value is -0.200. The Morgan fingerprint density at radius 2 is 1.17 bits per heavy atom. The summed E-state index contributed by atoms with van der Waals surface area (Å²) in [5, 5.41) is 14.6. The van der Waals surface area contributed by atoms with Gasteiger partial charge in [0, 0.05) is 18.9 Å². The molecule has 1 amide bonds. The Morgan fingerprint density at radius 3 is 1.61 bits per heavy atom. The summed E-state index contributed by atoms with van der Waals surface area (Å²) in [6, 6.07) is -0.529. The fourth-order valence-electron chi connectivity index (χ4n) is 5.89. The molecule has 6 nitrogen and oxygen atoms in total. The van der Waals surface area contributed by atoms with Crippen molar-refractivity contribution in [2.75, 3.05) is 25.2 Å². The Bertz CT molecular complexity index is 738. The second kappa shape index (κ2) is 34.7. The van der Waals surface area contributed by atoms with E-state index in [0.29, 0.717) is 18.2 Å². The number of aliphatic hydroxyl groups is 1. The van der Waals surface area contributed by atoms with Crippen molar-refractivity contribution in [2.45, 2.75) is 199 Å². The van der Waals surface area contributed by atoms with Crippen LogP contribution in [-0.2, 0) is 18.4 Å². The first kappa shape index (κ1) is 45.8. The molecule has 1 unspecified atom stereocenters. The number of alkyl halides is 1. The monoisotopic (exact) mass is 735 g/mol. The molecule has 0 bridgehead atoms. The summed E-state index contributed by atoms with van der Waals surface area (Å²) >= 11 is 3.29. The number of halogens is 1. The third-order valence-electron chi connectivity index (χ3n) is 8.93. The highest BCUT2D eigenvalue weighted by Gasteiger charge is 2.27. The van der Waals surface area contributed by atoms with Crippen molar-refractivity contribution in [2.24, 2.45) is 0 Å². The lowest BCUT2D eigenvalue weighted by molar-refractivity contribution is -0.122. The molecule has 2 N–H and O–H groups in total. The van der Waals surface area contributed by atoms with E-state index in [9.17, 15) is 14.5 Å². The summed E-state index contributed by atoms with van der Waals surface area (Å²) in [6.45, 7) is 4.81. The number of unbranched alkanes of at least 4 members (excludes halogenated alkanes) is 23. The summed E-state index contributed by atoms with van der Waals surface area (Å²) in [5.74, 6) is -0.0560. The second-order valence-corrected chi connectivity index (χ2v) is 16.3. The van der Waals surface area contributed by atoms with Crippen LogP contribution in [0.5, 0.6) is 0 Å². The van der Waals surface area contributed by atoms with Gasteiger partial charge in [-0.1, -0.05) is 183 Å². The van der Waals surface area contributed by atoms with Gasteiger partial charge in [0.1, 0.15) is 0 Å². The zero-order chi connectivity index (χ0) is 34.0. The maximum atomic E-state index is 13.0. The van der Waals surface area contributed by atoms with Crippen LogP contribution in [0.25, 0.3) is 0 Å². The smallest absolute Gasteiger partial charge is 0.330 e. The Labute approximate surface area is 294 Å².